The number of carbonyl (C=O) groups is 1. The first-order valence-electron chi connectivity index (χ1n) is 3.29. The summed E-state index contributed by atoms with van der Waals surface area (Å²) < 4.78 is 4.72. The van der Waals surface area contributed by atoms with E-state index in [1.54, 1.807) is 0 Å². The molecule has 1 aliphatic rings. The van der Waals surface area contributed by atoms with Gasteiger partial charge in [-0.25, -0.2) is 0 Å². The molecule has 1 heterocycles. The molecule has 1 fully saturated rings. The molecule has 0 aromatic carbocycles. The van der Waals surface area contributed by atoms with Gasteiger partial charge in [0, 0.05) is 0 Å². The van der Waals surface area contributed by atoms with Crippen molar-refractivity contribution < 1.29 is 24.9 Å². The molecule has 64 valence electrons. The summed E-state index contributed by atoms with van der Waals surface area (Å²) in [6.07, 6.45) is -3.43. The van der Waals surface area contributed by atoms with Crippen LogP contribution < -0.4 is 0 Å². The fourth-order valence-corrected chi connectivity index (χ4v) is 0.945. The standard InChI is InChI=1S/C6H10O5/c7-1-3(8)6-5(10)4(9)2-11-6/h3-4,6-9H,1-2H2/t3?,4?,6-/m1/s1. The Morgan fingerprint density at radius 1 is 1.73 bits per heavy atom. The highest BCUT2D eigenvalue weighted by atomic mass is 16.5. The molecule has 5 nitrogen and oxygen atoms in total. The van der Waals surface area contributed by atoms with Crippen LogP contribution >= 0.6 is 0 Å². The third-order valence-electron chi connectivity index (χ3n) is 1.58. The van der Waals surface area contributed by atoms with E-state index >= 15 is 0 Å². The topological polar surface area (TPSA) is 87.0 Å². The van der Waals surface area contributed by atoms with E-state index in [4.69, 9.17) is 20.1 Å². The van der Waals surface area contributed by atoms with Crippen molar-refractivity contribution in [1.82, 2.24) is 0 Å². The van der Waals surface area contributed by atoms with Crippen molar-refractivity contribution in [2.45, 2.75) is 18.3 Å². The van der Waals surface area contributed by atoms with Gasteiger partial charge in [0.2, 0.25) is 0 Å². The van der Waals surface area contributed by atoms with Gasteiger partial charge in [-0.15, -0.1) is 0 Å². The minimum Gasteiger partial charge on any atom is -0.394 e. The van der Waals surface area contributed by atoms with Gasteiger partial charge < -0.3 is 20.1 Å². The number of hydrogen-bond donors (Lipinski definition) is 3. The quantitative estimate of drug-likeness (QED) is 0.424. The number of aliphatic hydroxyl groups is 3. The summed E-state index contributed by atoms with van der Waals surface area (Å²) in [5.41, 5.74) is 0. The number of ketones is 1. The van der Waals surface area contributed by atoms with Gasteiger partial charge in [0.25, 0.3) is 0 Å². The van der Waals surface area contributed by atoms with Gasteiger partial charge in [0.1, 0.15) is 18.3 Å². The van der Waals surface area contributed by atoms with Crippen LogP contribution in [0.25, 0.3) is 0 Å². The van der Waals surface area contributed by atoms with E-state index in [0.717, 1.165) is 0 Å². The predicted molar refractivity (Wildman–Crippen MR) is 33.8 cm³/mol. The number of hydrogen-bond acceptors (Lipinski definition) is 5. The highest BCUT2D eigenvalue weighted by molar-refractivity contribution is 5.89. The van der Waals surface area contributed by atoms with Crippen molar-refractivity contribution in [3.05, 3.63) is 0 Å². The van der Waals surface area contributed by atoms with E-state index < -0.39 is 30.7 Å². The molecule has 0 amide bonds. The third kappa shape index (κ3) is 1.57. The second-order valence-corrected chi connectivity index (χ2v) is 2.42. The lowest BCUT2D eigenvalue weighted by molar-refractivity contribution is -0.132. The molecule has 0 spiro atoms. The van der Waals surface area contributed by atoms with Crippen LogP contribution in [0.5, 0.6) is 0 Å². The maximum Gasteiger partial charge on any atom is 0.195 e. The minimum atomic E-state index is -1.22. The molecule has 2 unspecified atom stereocenters. The van der Waals surface area contributed by atoms with Gasteiger partial charge in [-0.3, -0.25) is 4.79 Å². The van der Waals surface area contributed by atoms with E-state index in [1.807, 2.05) is 0 Å². The van der Waals surface area contributed by atoms with Gasteiger partial charge in [0.15, 0.2) is 5.78 Å². The van der Waals surface area contributed by atoms with Crippen LogP contribution in [0.3, 0.4) is 0 Å². The van der Waals surface area contributed by atoms with E-state index in [-0.39, 0.29) is 6.61 Å². The molecule has 0 aliphatic carbocycles. The maximum absolute atomic E-state index is 10.9. The summed E-state index contributed by atoms with van der Waals surface area (Å²) in [5.74, 6) is -0.563. The molecule has 11 heavy (non-hydrogen) atoms. The number of carbonyl (C=O) groups excluding carboxylic acids is 1. The Morgan fingerprint density at radius 3 is 2.73 bits per heavy atom. The molecule has 3 atom stereocenters. The Bertz CT molecular complexity index is 157. The van der Waals surface area contributed by atoms with E-state index in [0.29, 0.717) is 0 Å². The minimum absolute atomic E-state index is 0.0967. The van der Waals surface area contributed by atoms with Crippen molar-refractivity contribution in [2.75, 3.05) is 13.2 Å². The molecular weight excluding hydrogens is 152 g/mol. The molecule has 3 N–H and O–H groups in total. The average molecular weight is 162 g/mol. The first kappa shape index (κ1) is 8.61. The monoisotopic (exact) mass is 162 g/mol. The summed E-state index contributed by atoms with van der Waals surface area (Å²) in [6, 6.07) is 0. The zero-order chi connectivity index (χ0) is 8.43. The molecule has 1 aliphatic heterocycles. The zero-order valence-electron chi connectivity index (χ0n) is 5.80. The van der Waals surface area contributed by atoms with Crippen LogP contribution in [0, 0.1) is 0 Å². The summed E-state index contributed by atoms with van der Waals surface area (Å²) >= 11 is 0. The number of ether oxygens (including phenoxy) is 1. The first-order valence-corrected chi connectivity index (χ1v) is 3.29. The highest BCUT2D eigenvalue weighted by Gasteiger charge is 2.38. The van der Waals surface area contributed by atoms with Crippen molar-refractivity contribution in [3.63, 3.8) is 0 Å². The maximum atomic E-state index is 10.9. The number of rotatable bonds is 2. The lowest BCUT2D eigenvalue weighted by Gasteiger charge is -2.12. The van der Waals surface area contributed by atoms with Crippen LogP contribution in [-0.2, 0) is 9.53 Å². The summed E-state index contributed by atoms with van der Waals surface area (Å²) in [5, 5.41) is 26.2. The van der Waals surface area contributed by atoms with Crippen LogP contribution in [0.1, 0.15) is 0 Å². The van der Waals surface area contributed by atoms with Crippen molar-refractivity contribution in [2.24, 2.45) is 0 Å². The van der Waals surface area contributed by atoms with Crippen molar-refractivity contribution >= 4 is 5.78 Å². The van der Waals surface area contributed by atoms with E-state index in [2.05, 4.69) is 0 Å². The molecule has 0 aromatic heterocycles. The Kier molecular flexibility index (Phi) is 2.56. The average Bonchev–Trinajstić information content (AvgIpc) is 2.32. The van der Waals surface area contributed by atoms with Crippen molar-refractivity contribution in [1.29, 1.82) is 0 Å². The lowest BCUT2D eigenvalue weighted by atomic mass is 10.1. The Morgan fingerprint density at radius 2 is 2.36 bits per heavy atom. The van der Waals surface area contributed by atoms with Crippen molar-refractivity contribution in [3.8, 4) is 0 Å². The van der Waals surface area contributed by atoms with Crippen LogP contribution in [0.4, 0.5) is 0 Å². The number of aliphatic hydroxyl groups excluding tert-OH is 3. The highest BCUT2D eigenvalue weighted by Crippen LogP contribution is 2.12. The van der Waals surface area contributed by atoms with Gasteiger partial charge in [-0.1, -0.05) is 0 Å². The summed E-state index contributed by atoms with van der Waals surface area (Å²) in [7, 11) is 0. The molecule has 0 saturated carbocycles. The summed E-state index contributed by atoms with van der Waals surface area (Å²) in [6.45, 7) is -0.635. The fourth-order valence-electron chi connectivity index (χ4n) is 0.945. The van der Waals surface area contributed by atoms with Gasteiger partial charge in [-0.2, -0.15) is 0 Å². The molecular formula is C6H10O5. The van der Waals surface area contributed by atoms with E-state index in [9.17, 15) is 4.79 Å². The zero-order valence-corrected chi connectivity index (χ0v) is 5.80. The lowest BCUT2D eigenvalue weighted by Crippen LogP contribution is -2.36. The fraction of sp³-hybridized carbons (Fsp3) is 0.833. The van der Waals surface area contributed by atoms with Gasteiger partial charge in [0.05, 0.1) is 13.2 Å². The Balaban J connectivity index is 2.54. The van der Waals surface area contributed by atoms with Crippen LogP contribution in [0.15, 0.2) is 0 Å². The SMILES string of the molecule is O=C1C(O)CO[C@@H]1C(O)CO. The largest absolute Gasteiger partial charge is 0.394 e. The van der Waals surface area contributed by atoms with Crippen LogP contribution in [-0.4, -0.2) is 52.6 Å². The van der Waals surface area contributed by atoms with Gasteiger partial charge >= 0.3 is 0 Å². The van der Waals surface area contributed by atoms with E-state index in [1.165, 1.54) is 0 Å². The Hall–Kier alpha value is -0.490. The van der Waals surface area contributed by atoms with Crippen LogP contribution in [0.2, 0.25) is 0 Å². The molecule has 0 radical (unpaired) electrons. The molecule has 0 bridgehead atoms. The molecule has 1 saturated heterocycles. The molecule has 1 rings (SSSR count). The second-order valence-electron chi connectivity index (χ2n) is 2.42. The molecule has 5 heteroatoms. The first-order chi connectivity index (χ1) is 5.16. The second kappa shape index (κ2) is 3.27. The third-order valence-corrected chi connectivity index (χ3v) is 1.58. The summed E-state index contributed by atoms with van der Waals surface area (Å²) in [4.78, 5) is 10.9. The number of Topliss-reactive ketones (excluding diaryl/α,β-unsaturated/α-hetero) is 1. The normalized spacial score (nSPS) is 34.3. The Labute approximate surface area is 63.2 Å². The van der Waals surface area contributed by atoms with Gasteiger partial charge in [-0.05, 0) is 0 Å². The molecule has 0 aromatic rings. The smallest absolute Gasteiger partial charge is 0.195 e. The predicted octanol–water partition coefficient (Wildman–Crippen LogP) is -2.33.